The SMILES string of the molecule is O=C(Cn1cc(CCCO)nn1)NC1CCOCC1. The standard InChI is InChI=1S/C12H20N4O3/c17-5-1-2-11-8-16(15-14-11)9-12(18)13-10-3-6-19-7-4-10/h8,10,17H,1-7,9H2,(H,13,18). The number of carbonyl (C=O) groups excluding carboxylic acids is 1. The van der Waals surface area contributed by atoms with Gasteiger partial charge in [0, 0.05) is 32.1 Å². The Kier molecular flexibility index (Phi) is 5.29. The number of aliphatic hydroxyl groups excluding tert-OH is 1. The number of amides is 1. The lowest BCUT2D eigenvalue weighted by atomic mass is 10.1. The maximum atomic E-state index is 11.8. The van der Waals surface area contributed by atoms with Gasteiger partial charge in [-0.1, -0.05) is 5.21 Å². The summed E-state index contributed by atoms with van der Waals surface area (Å²) in [6.45, 7) is 1.74. The van der Waals surface area contributed by atoms with Gasteiger partial charge in [0.05, 0.1) is 5.69 Å². The van der Waals surface area contributed by atoms with Gasteiger partial charge >= 0.3 is 0 Å². The van der Waals surface area contributed by atoms with Gasteiger partial charge in [-0.3, -0.25) is 4.79 Å². The van der Waals surface area contributed by atoms with E-state index in [9.17, 15) is 4.79 Å². The average Bonchev–Trinajstić information content (AvgIpc) is 2.85. The van der Waals surface area contributed by atoms with Gasteiger partial charge in [-0.05, 0) is 25.7 Å². The minimum Gasteiger partial charge on any atom is -0.396 e. The molecule has 2 N–H and O–H groups in total. The van der Waals surface area contributed by atoms with Gasteiger partial charge < -0.3 is 15.2 Å². The normalized spacial score (nSPS) is 16.5. The highest BCUT2D eigenvalue weighted by atomic mass is 16.5. The van der Waals surface area contributed by atoms with E-state index < -0.39 is 0 Å². The molecule has 1 saturated heterocycles. The van der Waals surface area contributed by atoms with Crippen LogP contribution in [-0.4, -0.2) is 51.9 Å². The van der Waals surface area contributed by atoms with Crippen molar-refractivity contribution in [2.45, 2.75) is 38.3 Å². The van der Waals surface area contributed by atoms with Crippen LogP contribution in [0.4, 0.5) is 0 Å². The van der Waals surface area contributed by atoms with E-state index in [-0.39, 0.29) is 25.1 Å². The van der Waals surface area contributed by atoms with Crippen LogP contribution >= 0.6 is 0 Å². The van der Waals surface area contributed by atoms with Crippen molar-refractivity contribution in [1.29, 1.82) is 0 Å². The molecule has 1 aliphatic rings. The Bertz CT molecular complexity index is 401. The van der Waals surface area contributed by atoms with Crippen LogP contribution in [0.3, 0.4) is 0 Å². The highest BCUT2D eigenvalue weighted by molar-refractivity contribution is 5.75. The van der Waals surface area contributed by atoms with Crippen molar-refractivity contribution >= 4 is 5.91 Å². The molecule has 1 amide bonds. The fourth-order valence-electron chi connectivity index (χ4n) is 2.05. The van der Waals surface area contributed by atoms with Crippen LogP contribution in [-0.2, 0) is 22.5 Å². The zero-order valence-electron chi connectivity index (χ0n) is 10.9. The van der Waals surface area contributed by atoms with Gasteiger partial charge in [0.2, 0.25) is 5.91 Å². The number of aromatic nitrogens is 3. The van der Waals surface area contributed by atoms with E-state index in [4.69, 9.17) is 9.84 Å². The topological polar surface area (TPSA) is 89.3 Å². The van der Waals surface area contributed by atoms with Crippen LogP contribution in [0.1, 0.15) is 25.0 Å². The maximum Gasteiger partial charge on any atom is 0.242 e. The summed E-state index contributed by atoms with van der Waals surface area (Å²) >= 11 is 0. The summed E-state index contributed by atoms with van der Waals surface area (Å²) < 4.78 is 6.77. The molecule has 2 rings (SSSR count). The Labute approximate surface area is 111 Å². The highest BCUT2D eigenvalue weighted by Gasteiger charge is 2.16. The molecule has 1 fully saturated rings. The van der Waals surface area contributed by atoms with Crippen molar-refractivity contribution in [3.05, 3.63) is 11.9 Å². The van der Waals surface area contributed by atoms with Crippen molar-refractivity contribution in [2.75, 3.05) is 19.8 Å². The van der Waals surface area contributed by atoms with Crippen molar-refractivity contribution in [3.63, 3.8) is 0 Å². The average molecular weight is 268 g/mol. The van der Waals surface area contributed by atoms with E-state index in [1.165, 1.54) is 4.68 Å². The lowest BCUT2D eigenvalue weighted by molar-refractivity contribution is -0.123. The van der Waals surface area contributed by atoms with Gasteiger partial charge in [-0.2, -0.15) is 0 Å². The molecule has 0 spiro atoms. The maximum absolute atomic E-state index is 11.8. The molecule has 0 saturated carbocycles. The van der Waals surface area contributed by atoms with E-state index in [0.717, 1.165) is 18.5 Å². The molecular formula is C12H20N4O3. The Morgan fingerprint density at radius 1 is 1.53 bits per heavy atom. The number of carbonyl (C=O) groups is 1. The summed E-state index contributed by atoms with van der Waals surface area (Å²) in [5.41, 5.74) is 0.799. The van der Waals surface area contributed by atoms with Crippen molar-refractivity contribution in [3.8, 4) is 0 Å². The Morgan fingerprint density at radius 2 is 2.32 bits per heavy atom. The number of aliphatic hydroxyl groups is 1. The second-order valence-corrected chi connectivity index (χ2v) is 4.69. The fraction of sp³-hybridized carbons (Fsp3) is 0.750. The number of ether oxygens (including phenoxy) is 1. The molecule has 1 aliphatic heterocycles. The molecule has 106 valence electrons. The predicted molar refractivity (Wildman–Crippen MR) is 67.4 cm³/mol. The fourth-order valence-corrected chi connectivity index (χ4v) is 2.05. The van der Waals surface area contributed by atoms with Gasteiger partial charge in [-0.25, -0.2) is 4.68 Å². The van der Waals surface area contributed by atoms with Gasteiger partial charge in [-0.15, -0.1) is 5.10 Å². The number of hydrogen-bond acceptors (Lipinski definition) is 5. The zero-order valence-corrected chi connectivity index (χ0v) is 10.9. The highest BCUT2D eigenvalue weighted by Crippen LogP contribution is 2.06. The van der Waals surface area contributed by atoms with Crippen LogP contribution in [0.2, 0.25) is 0 Å². The molecule has 19 heavy (non-hydrogen) atoms. The minimum atomic E-state index is -0.0505. The monoisotopic (exact) mass is 268 g/mol. The van der Waals surface area contributed by atoms with E-state index in [1.807, 2.05) is 0 Å². The molecule has 0 atom stereocenters. The molecule has 2 heterocycles. The van der Waals surface area contributed by atoms with Crippen LogP contribution in [0.25, 0.3) is 0 Å². The Balaban J connectivity index is 1.76. The molecule has 0 aromatic carbocycles. The van der Waals surface area contributed by atoms with Crippen molar-refractivity contribution < 1.29 is 14.6 Å². The molecule has 1 aromatic rings. The van der Waals surface area contributed by atoms with Gasteiger partial charge in [0.15, 0.2) is 0 Å². The lowest BCUT2D eigenvalue weighted by Gasteiger charge is -2.22. The molecule has 1 aromatic heterocycles. The van der Waals surface area contributed by atoms with E-state index in [2.05, 4.69) is 15.6 Å². The van der Waals surface area contributed by atoms with E-state index in [0.29, 0.717) is 26.1 Å². The number of nitrogens with one attached hydrogen (secondary N) is 1. The number of nitrogens with zero attached hydrogens (tertiary/aromatic N) is 3. The summed E-state index contributed by atoms with van der Waals surface area (Å²) in [7, 11) is 0. The van der Waals surface area contributed by atoms with Crippen LogP contribution < -0.4 is 5.32 Å². The summed E-state index contributed by atoms with van der Waals surface area (Å²) in [5.74, 6) is -0.0505. The van der Waals surface area contributed by atoms with Crippen molar-refractivity contribution in [1.82, 2.24) is 20.3 Å². The Morgan fingerprint density at radius 3 is 3.05 bits per heavy atom. The third-order valence-corrected chi connectivity index (χ3v) is 3.07. The summed E-state index contributed by atoms with van der Waals surface area (Å²) in [4.78, 5) is 11.8. The first-order valence-corrected chi connectivity index (χ1v) is 6.65. The molecule has 0 radical (unpaired) electrons. The summed E-state index contributed by atoms with van der Waals surface area (Å²) in [5, 5.41) is 19.6. The third kappa shape index (κ3) is 4.60. The molecule has 0 aliphatic carbocycles. The van der Waals surface area contributed by atoms with E-state index >= 15 is 0 Å². The predicted octanol–water partition coefficient (Wildman–Crippen LogP) is -0.502. The molecule has 0 unspecified atom stereocenters. The largest absolute Gasteiger partial charge is 0.396 e. The molecular weight excluding hydrogens is 248 g/mol. The van der Waals surface area contributed by atoms with Crippen LogP contribution in [0.15, 0.2) is 6.20 Å². The van der Waals surface area contributed by atoms with Gasteiger partial charge in [0.25, 0.3) is 0 Å². The second kappa shape index (κ2) is 7.20. The Hall–Kier alpha value is -1.47. The number of rotatable bonds is 6. The summed E-state index contributed by atoms with van der Waals surface area (Å²) in [6.07, 6.45) is 4.82. The van der Waals surface area contributed by atoms with Gasteiger partial charge in [0.1, 0.15) is 6.54 Å². The zero-order chi connectivity index (χ0) is 13.5. The smallest absolute Gasteiger partial charge is 0.242 e. The lowest BCUT2D eigenvalue weighted by Crippen LogP contribution is -2.40. The first kappa shape index (κ1) is 14.0. The summed E-state index contributed by atoms with van der Waals surface area (Å²) in [6, 6.07) is 0.207. The molecule has 7 nitrogen and oxygen atoms in total. The minimum absolute atomic E-state index is 0.0505. The quantitative estimate of drug-likeness (QED) is 0.726. The first-order chi connectivity index (χ1) is 9.28. The van der Waals surface area contributed by atoms with Crippen molar-refractivity contribution in [2.24, 2.45) is 0 Å². The number of hydrogen-bond donors (Lipinski definition) is 2. The molecule has 0 bridgehead atoms. The molecule has 7 heteroatoms. The van der Waals surface area contributed by atoms with E-state index in [1.54, 1.807) is 6.20 Å². The van der Waals surface area contributed by atoms with Crippen LogP contribution in [0, 0.1) is 0 Å². The van der Waals surface area contributed by atoms with Crippen LogP contribution in [0.5, 0.6) is 0 Å². The second-order valence-electron chi connectivity index (χ2n) is 4.69. The number of aryl methyl sites for hydroxylation is 1. The third-order valence-electron chi connectivity index (χ3n) is 3.07. The first-order valence-electron chi connectivity index (χ1n) is 6.65.